The van der Waals surface area contributed by atoms with Crippen molar-refractivity contribution in [3.63, 3.8) is 0 Å². The van der Waals surface area contributed by atoms with Crippen LogP contribution in [0.5, 0.6) is 0 Å². The van der Waals surface area contributed by atoms with Crippen molar-refractivity contribution in [2.75, 3.05) is 11.1 Å². The molecule has 5 rings (SSSR count). The number of carbonyl (C=O) groups excluding carboxylic acids is 1. The Balaban J connectivity index is 1.26. The van der Waals surface area contributed by atoms with Crippen LogP contribution in [0.15, 0.2) is 28.0 Å². The van der Waals surface area contributed by atoms with Crippen LogP contribution in [0.4, 0.5) is 5.82 Å². The van der Waals surface area contributed by atoms with Gasteiger partial charge in [-0.05, 0) is 57.2 Å². The van der Waals surface area contributed by atoms with Gasteiger partial charge in [0.15, 0.2) is 5.16 Å². The number of hydrogen-bond donors (Lipinski definition) is 1. The topological polar surface area (TPSA) is 102 Å². The van der Waals surface area contributed by atoms with Crippen LogP contribution in [-0.2, 0) is 11.3 Å². The maximum Gasteiger partial charge on any atom is 0.226 e. The Kier molecular flexibility index (Phi) is 5.55. The molecule has 0 atom stereocenters. The number of nitrogens with zero attached hydrogens (tertiary/aromatic N) is 5. The summed E-state index contributed by atoms with van der Waals surface area (Å²) in [4.78, 5) is 12.8. The van der Waals surface area contributed by atoms with Gasteiger partial charge in [0.25, 0.3) is 0 Å². The minimum absolute atomic E-state index is 0.118. The number of aromatic nitrogens is 4. The third-order valence-electron chi connectivity index (χ3n) is 6.20. The van der Waals surface area contributed by atoms with E-state index < -0.39 is 0 Å². The van der Waals surface area contributed by atoms with E-state index in [0.717, 1.165) is 28.0 Å². The van der Waals surface area contributed by atoms with Gasteiger partial charge in [-0.1, -0.05) is 11.8 Å². The highest BCUT2D eigenvalue weighted by Gasteiger charge is 2.36. The number of thioether (sulfide) groups is 1. The number of amides is 1. The van der Waals surface area contributed by atoms with Crippen molar-refractivity contribution in [3.05, 3.63) is 46.8 Å². The molecule has 166 valence electrons. The van der Waals surface area contributed by atoms with Gasteiger partial charge in [0.05, 0.1) is 18.4 Å². The Morgan fingerprint density at radius 3 is 2.78 bits per heavy atom. The third-order valence-corrected chi connectivity index (χ3v) is 7.14. The predicted molar refractivity (Wildman–Crippen MR) is 121 cm³/mol. The number of carbonyl (C=O) groups is 1. The Bertz CT molecular complexity index is 1180. The average molecular weight is 451 g/mol. The van der Waals surface area contributed by atoms with E-state index in [1.165, 1.54) is 25.7 Å². The van der Waals surface area contributed by atoms with Gasteiger partial charge in [-0.15, -0.1) is 10.2 Å². The third kappa shape index (κ3) is 4.07. The van der Waals surface area contributed by atoms with Crippen LogP contribution in [0.25, 0.3) is 0 Å². The van der Waals surface area contributed by atoms with Gasteiger partial charge >= 0.3 is 0 Å². The molecule has 2 aliphatic rings. The smallest absolute Gasteiger partial charge is 0.226 e. The number of nitriles is 1. The number of anilines is 1. The van der Waals surface area contributed by atoms with Gasteiger partial charge in [0.2, 0.25) is 5.91 Å². The molecule has 0 bridgehead atoms. The van der Waals surface area contributed by atoms with E-state index in [1.54, 1.807) is 18.0 Å². The molecule has 3 heterocycles. The van der Waals surface area contributed by atoms with Crippen LogP contribution in [0.3, 0.4) is 0 Å². The lowest BCUT2D eigenvalue weighted by Gasteiger charge is -2.12. The van der Waals surface area contributed by atoms with Gasteiger partial charge in [0, 0.05) is 29.8 Å². The van der Waals surface area contributed by atoms with Crippen molar-refractivity contribution < 1.29 is 9.21 Å². The van der Waals surface area contributed by atoms with Gasteiger partial charge in [0.1, 0.15) is 23.5 Å². The molecule has 0 unspecified atom stereocenters. The summed E-state index contributed by atoms with van der Waals surface area (Å²) in [7, 11) is 0. The standard InChI is InChI=1S/C23H26N6O2S/c1-14-15(2)28(13-18-4-3-10-31-18)22(19(14)12-24)25-20(30)9-11-32-23-27-26-21(16-5-6-16)29(23)17-7-8-17/h3-4,10,16-17H,5-9,11,13H2,1-2H3,(H,25,30). The molecule has 9 heteroatoms. The summed E-state index contributed by atoms with van der Waals surface area (Å²) in [5.74, 6) is 3.49. The summed E-state index contributed by atoms with van der Waals surface area (Å²) < 4.78 is 9.71. The van der Waals surface area contributed by atoms with Crippen LogP contribution >= 0.6 is 11.8 Å². The van der Waals surface area contributed by atoms with Crippen molar-refractivity contribution in [1.29, 1.82) is 5.26 Å². The quantitative estimate of drug-likeness (QED) is 0.480. The SMILES string of the molecule is Cc1c(C#N)c(NC(=O)CCSc2nnc(C3CC3)n2C2CC2)n(Cc2ccco2)c1C. The molecule has 8 nitrogen and oxygen atoms in total. The number of rotatable bonds is 9. The van der Waals surface area contributed by atoms with Crippen LogP contribution < -0.4 is 5.32 Å². The first kappa shape index (κ1) is 20.9. The monoisotopic (exact) mass is 450 g/mol. The minimum atomic E-state index is -0.118. The van der Waals surface area contributed by atoms with Crippen molar-refractivity contribution in [3.8, 4) is 6.07 Å². The van der Waals surface area contributed by atoms with Gasteiger partial charge in [-0.25, -0.2) is 0 Å². The highest BCUT2D eigenvalue weighted by Crippen LogP contribution is 2.46. The van der Waals surface area contributed by atoms with Crippen molar-refractivity contribution in [2.45, 2.75) is 69.6 Å². The summed E-state index contributed by atoms with van der Waals surface area (Å²) in [5, 5.41) is 22.4. The largest absolute Gasteiger partial charge is 0.467 e. The molecule has 1 N–H and O–H groups in total. The van der Waals surface area contributed by atoms with E-state index in [4.69, 9.17) is 4.42 Å². The summed E-state index contributed by atoms with van der Waals surface area (Å²) >= 11 is 1.59. The van der Waals surface area contributed by atoms with Crippen molar-refractivity contribution in [2.24, 2.45) is 0 Å². The van der Waals surface area contributed by atoms with E-state index in [-0.39, 0.29) is 5.91 Å². The zero-order valence-electron chi connectivity index (χ0n) is 18.3. The first-order chi connectivity index (χ1) is 15.6. The van der Waals surface area contributed by atoms with E-state index in [0.29, 0.717) is 42.1 Å². The summed E-state index contributed by atoms with van der Waals surface area (Å²) in [6, 6.07) is 6.49. The van der Waals surface area contributed by atoms with Gasteiger partial charge in [-0.3, -0.25) is 4.79 Å². The Morgan fingerprint density at radius 1 is 1.31 bits per heavy atom. The summed E-state index contributed by atoms with van der Waals surface area (Å²) in [5.41, 5.74) is 2.30. The first-order valence-corrected chi connectivity index (χ1v) is 12.0. The molecule has 0 aromatic carbocycles. The van der Waals surface area contributed by atoms with Crippen LogP contribution in [0.2, 0.25) is 0 Å². The zero-order valence-corrected chi connectivity index (χ0v) is 19.1. The number of hydrogen-bond acceptors (Lipinski definition) is 6. The molecule has 0 radical (unpaired) electrons. The highest BCUT2D eigenvalue weighted by atomic mass is 32.2. The van der Waals surface area contributed by atoms with E-state index in [1.807, 2.05) is 30.5 Å². The molecule has 1 amide bonds. The molecular weight excluding hydrogens is 424 g/mol. The average Bonchev–Trinajstić information content (AvgIpc) is 3.70. The first-order valence-electron chi connectivity index (χ1n) is 11.1. The maximum atomic E-state index is 12.8. The molecule has 0 spiro atoms. The van der Waals surface area contributed by atoms with Crippen LogP contribution in [-0.4, -0.2) is 31.0 Å². The van der Waals surface area contributed by atoms with Crippen molar-refractivity contribution >= 4 is 23.5 Å². The lowest BCUT2D eigenvalue weighted by atomic mass is 10.2. The Labute approximate surface area is 191 Å². The normalized spacial score (nSPS) is 15.7. The fourth-order valence-corrected chi connectivity index (χ4v) is 4.95. The molecule has 2 saturated carbocycles. The second kappa shape index (κ2) is 8.51. The van der Waals surface area contributed by atoms with Crippen LogP contribution in [0.1, 0.15) is 72.5 Å². The number of furan rings is 1. The minimum Gasteiger partial charge on any atom is -0.467 e. The van der Waals surface area contributed by atoms with Crippen molar-refractivity contribution in [1.82, 2.24) is 19.3 Å². The second-order valence-corrected chi connectivity index (χ2v) is 9.64. The molecule has 2 aliphatic carbocycles. The van der Waals surface area contributed by atoms with E-state index in [2.05, 4.69) is 26.2 Å². The van der Waals surface area contributed by atoms with Gasteiger partial charge < -0.3 is 18.9 Å². The molecule has 3 aromatic rings. The maximum absolute atomic E-state index is 12.8. The van der Waals surface area contributed by atoms with Crippen LogP contribution in [0, 0.1) is 25.2 Å². The Hall–Kier alpha value is -2.99. The Morgan fingerprint density at radius 2 is 2.12 bits per heavy atom. The summed E-state index contributed by atoms with van der Waals surface area (Å²) in [6.07, 6.45) is 6.74. The zero-order chi connectivity index (χ0) is 22.2. The molecule has 3 aromatic heterocycles. The summed E-state index contributed by atoms with van der Waals surface area (Å²) in [6.45, 7) is 4.31. The molecular formula is C23H26N6O2S. The predicted octanol–water partition coefficient (Wildman–Crippen LogP) is 4.54. The van der Waals surface area contributed by atoms with E-state index in [9.17, 15) is 10.1 Å². The molecule has 32 heavy (non-hydrogen) atoms. The lowest BCUT2D eigenvalue weighted by Crippen LogP contribution is -2.17. The highest BCUT2D eigenvalue weighted by molar-refractivity contribution is 7.99. The molecule has 0 saturated heterocycles. The molecule has 0 aliphatic heterocycles. The second-order valence-electron chi connectivity index (χ2n) is 8.57. The van der Waals surface area contributed by atoms with E-state index >= 15 is 0 Å². The fourth-order valence-electron chi connectivity index (χ4n) is 4.00. The van der Waals surface area contributed by atoms with Gasteiger partial charge in [-0.2, -0.15) is 5.26 Å². The molecule has 2 fully saturated rings. The lowest BCUT2D eigenvalue weighted by molar-refractivity contribution is -0.115. The number of nitrogens with one attached hydrogen (secondary N) is 1. The fraction of sp³-hybridized carbons (Fsp3) is 0.478.